The molecule has 192 valence electrons. The molecule has 2 rings (SSSR count). The number of amides is 3. The summed E-state index contributed by atoms with van der Waals surface area (Å²) in [5, 5.41) is 22.2. The third-order valence-corrected chi connectivity index (χ3v) is 5.54. The minimum Gasteiger partial charge on any atom is -0.481 e. The van der Waals surface area contributed by atoms with Crippen LogP contribution in [0.3, 0.4) is 0 Å². The van der Waals surface area contributed by atoms with Gasteiger partial charge in [0.2, 0.25) is 11.8 Å². The number of aliphatic carboxylic acids is 1. The SMILES string of the molecule is CC(C)(NC(=O)[C@@H](NC(=O)c1ccc2ccccc2c1)C(C)(C)C)C(=O)N[C@H](CN=[N+]=[N-])CC(=O)O. The van der Waals surface area contributed by atoms with E-state index in [0.717, 1.165) is 10.8 Å². The van der Waals surface area contributed by atoms with Crippen LogP contribution in [0.25, 0.3) is 21.2 Å². The maximum absolute atomic E-state index is 13.3. The topological polar surface area (TPSA) is 173 Å². The average Bonchev–Trinajstić information content (AvgIpc) is 2.78. The molecule has 3 amide bonds. The van der Waals surface area contributed by atoms with Crippen LogP contribution in [0.1, 0.15) is 51.4 Å². The quantitative estimate of drug-likeness (QED) is 0.224. The van der Waals surface area contributed by atoms with Gasteiger partial charge >= 0.3 is 5.97 Å². The van der Waals surface area contributed by atoms with E-state index < -0.39 is 53.1 Å². The Bertz CT molecular complexity index is 1190. The summed E-state index contributed by atoms with van der Waals surface area (Å²) in [6.07, 6.45) is -0.457. The first-order valence-electron chi connectivity index (χ1n) is 11.4. The maximum Gasteiger partial charge on any atom is 0.305 e. The second-order valence-corrected chi connectivity index (χ2v) is 10.1. The molecule has 0 fully saturated rings. The van der Waals surface area contributed by atoms with Crippen LogP contribution in [0, 0.1) is 5.41 Å². The summed E-state index contributed by atoms with van der Waals surface area (Å²) in [6.45, 7) is 8.01. The van der Waals surface area contributed by atoms with Crippen LogP contribution in [0.4, 0.5) is 0 Å². The number of hydrogen-bond acceptors (Lipinski definition) is 5. The number of nitrogens with one attached hydrogen (secondary N) is 3. The largest absolute Gasteiger partial charge is 0.481 e. The van der Waals surface area contributed by atoms with Gasteiger partial charge in [-0.3, -0.25) is 19.2 Å². The molecule has 2 atom stereocenters. The molecule has 0 heterocycles. The van der Waals surface area contributed by atoms with Gasteiger partial charge in [-0.25, -0.2) is 0 Å². The Hall–Kier alpha value is -4.11. The van der Waals surface area contributed by atoms with Crippen LogP contribution >= 0.6 is 0 Å². The Balaban J connectivity index is 2.18. The van der Waals surface area contributed by atoms with E-state index in [4.69, 9.17) is 10.6 Å². The smallest absolute Gasteiger partial charge is 0.305 e. The molecule has 0 spiro atoms. The monoisotopic (exact) mass is 496 g/mol. The Morgan fingerprint density at radius 2 is 1.64 bits per heavy atom. The van der Waals surface area contributed by atoms with Crippen LogP contribution in [0.15, 0.2) is 47.6 Å². The minimum atomic E-state index is -1.46. The van der Waals surface area contributed by atoms with Crippen LogP contribution in [-0.2, 0) is 14.4 Å². The lowest BCUT2D eigenvalue weighted by Crippen LogP contribution is -2.62. The number of hydrogen-bond donors (Lipinski definition) is 4. The lowest BCUT2D eigenvalue weighted by Gasteiger charge is -2.34. The Labute approximate surface area is 209 Å². The lowest BCUT2D eigenvalue weighted by molar-refractivity contribution is -0.138. The molecule has 11 nitrogen and oxygen atoms in total. The molecule has 0 aromatic heterocycles. The van der Waals surface area contributed by atoms with Gasteiger partial charge in [0, 0.05) is 23.1 Å². The summed E-state index contributed by atoms with van der Waals surface area (Å²) >= 11 is 0. The van der Waals surface area contributed by atoms with E-state index in [1.807, 2.05) is 30.3 Å². The third-order valence-electron chi connectivity index (χ3n) is 5.54. The van der Waals surface area contributed by atoms with Crippen molar-refractivity contribution < 1.29 is 24.3 Å². The van der Waals surface area contributed by atoms with Crippen molar-refractivity contribution in [2.75, 3.05) is 6.54 Å². The summed E-state index contributed by atoms with van der Waals surface area (Å²) in [5.74, 6) is -2.86. The molecule has 0 bridgehead atoms. The van der Waals surface area contributed by atoms with Crippen molar-refractivity contribution in [1.82, 2.24) is 16.0 Å². The molecule has 36 heavy (non-hydrogen) atoms. The normalized spacial score (nSPS) is 13.1. The van der Waals surface area contributed by atoms with Gasteiger partial charge in [-0.15, -0.1) is 0 Å². The molecule has 0 saturated heterocycles. The van der Waals surface area contributed by atoms with E-state index >= 15 is 0 Å². The fourth-order valence-electron chi connectivity index (χ4n) is 3.53. The highest BCUT2D eigenvalue weighted by molar-refractivity contribution is 6.01. The molecular weight excluding hydrogens is 464 g/mol. The molecule has 0 aliphatic carbocycles. The number of rotatable bonds is 10. The van der Waals surface area contributed by atoms with E-state index in [2.05, 4.69) is 26.0 Å². The molecule has 2 aromatic carbocycles. The fourth-order valence-corrected chi connectivity index (χ4v) is 3.53. The molecule has 0 unspecified atom stereocenters. The predicted octanol–water partition coefficient (Wildman–Crippen LogP) is 3.15. The number of nitrogens with zero attached hydrogens (tertiary/aromatic N) is 3. The zero-order chi connectivity index (χ0) is 27.1. The van der Waals surface area contributed by atoms with E-state index in [-0.39, 0.29) is 6.54 Å². The summed E-state index contributed by atoms with van der Waals surface area (Å²) < 4.78 is 0. The zero-order valence-electron chi connectivity index (χ0n) is 21.0. The highest BCUT2D eigenvalue weighted by atomic mass is 16.4. The molecule has 0 radical (unpaired) electrons. The number of carbonyl (C=O) groups is 4. The van der Waals surface area contributed by atoms with Gasteiger partial charge in [0.1, 0.15) is 11.6 Å². The number of azide groups is 1. The molecule has 0 aliphatic heterocycles. The number of carboxylic acids is 1. The molecule has 2 aromatic rings. The minimum absolute atomic E-state index is 0.259. The van der Waals surface area contributed by atoms with E-state index in [1.165, 1.54) is 13.8 Å². The molecule has 0 aliphatic rings. The van der Waals surface area contributed by atoms with Crippen LogP contribution in [0.2, 0.25) is 0 Å². The zero-order valence-corrected chi connectivity index (χ0v) is 21.0. The lowest BCUT2D eigenvalue weighted by atomic mass is 9.85. The van der Waals surface area contributed by atoms with Gasteiger partial charge in [-0.2, -0.15) is 0 Å². The fraction of sp³-hybridized carbons (Fsp3) is 0.440. The van der Waals surface area contributed by atoms with Crippen molar-refractivity contribution in [2.24, 2.45) is 10.5 Å². The van der Waals surface area contributed by atoms with Crippen LogP contribution in [0.5, 0.6) is 0 Å². The second kappa shape index (κ2) is 11.5. The number of benzene rings is 2. The number of carbonyl (C=O) groups excluding carboxylic acids is 3. The number of fused-ring (bicyclic) bond motifs is 1. The van der Waals surface area contributed by atoms with E-state index in [9.17, 15) is 19.2 Å². The van der Waals surface area contributed by atoms with Gasteiger partial charge in [0.05, 0.1) is 6.42 Å². The van der Waals surface area contributed by atoms with Crippen molar-refractivity contribution in [3.8, 4) is 0 Å². The average molecular weight is 497 g/mol. The molecule has 11 heteroatoms. The second-order valence-electron chi connectivity index (χ2n) is 10.1. The van der Waals surface area contributed by atoms with E-state index in [0.29, 0.717) is 5.56 Å². The van der Waals surface area contributed by atoms with Crippen LogP contribution < -0.4 is 16.0 Å². The third kappa shape index (κ3) is 7.71. The molecule has 4 N–H and O–H groups in total. The highest BCUT2D eigenvalue weighted by Crippen LogP contribution is 2.22. The van der Waals surface area contributed by atoms with E-state index in [1.54, 1.807) is 32.9 Å². The van der Waals surface area contributed by atoms with Crippen LogP contribution in [-0.4, -0.2) is 53.0 Å². The highest BCUT2D eigenvalue weighted by Gasteiger charge is 2.38. The molecule has 0 saturated carbocycles. The van der Waals surface area contributed by atoms with Gasteiger partial charge < -0.3 is 21.1 Å². The molecular formula is C25H32N6O5. The Kier molecular flexibility index (Phi) is 9.02. The Morgan fingerprint density at radius 3 is 2.22 bits per heavy atom. The summed E-state index contributed by atoms with van der Waals surface area (Å²) in [6, 6.07) is 10.9. The summed E-state index contributed by atoms with van der Waals surface area (Å²) in [7, 11) is 0. The van der Waals surface area contributed by atoms with Gasteiger partial charge in [0.15, 0.2) is 0 Å². The summed E-state index contributed by atoms with van der Waals surface area (Å²) in [4.78, 5) is 52.8. The number of carboxylic acid groups (broad SMARTS) is 1. The van der Waals surface area contributed by atoms with Crippen molar-refractivity contribution in [3.63, 3.8) is 0 Å². The Morgan fingerprint density at radius 1 is 1.00 bits per heavy atom. The van der Waals surface area contributed by atoms with Gasteiger partial charge in [-0.05, 0) is 47.7 Å². The van der Waals surface area contributed by atoms with Gasteiger partial charge in [0.25, 0.3) is 5.91 Å². The van der Waals surface area contributed by atoms with Crippen molar-refractivity contribution in [1.29, 1.82) is 0 Å². The summed E-state index contributed by atoms with van der Waals surface area (Å²) in [5.41, 5.74) is 6.75. The predicted molar refractivity (Wildman–Crippen MR) is 135 cm³/mol. The maximum atomic E-state index is 13.3. The van der Waals surface area contributed by atoms with Gasteiger partial charge in [-0.1, -0.05) is 56.2 Å². The standard InChI is InChI=1S/C25H32N6O5/c1-24(2,3)20(29-21(34)17-11-10-15-8-6-7-9-16(15)12-17)22(35)30-25(4,5)23(36)28-18(13-19(32)33)14-27-31-26/h6-12,18,20H,13-14H2,1-5H3,(H,28,36)(H,29,34)(H,30,35)(H,32,33)/t18-,20+/m0/s1. The van der Waals surface area contributed by atoms with Crippen molar-refractivity contribution in [2.45, 2.75) is 58.7 Å². The first-order valence-corrected chi connectivity index (χ1v) is 11.4. The van der Waals surface area contributed by atoms with Crippen molar-refractivity contribution >= 4 is 34.5 Å². The first-order chi connectivity index (χ1) is 16.7. The van der Waals surface area contributed by atoms with Crippen molar-refractivity contribution in [3.05, 3.63) is 58.5 Å². The first kappa shape index (κ1) is 28.1.